The van der Waals surface area contributed by atoms with Crippen molar-refractivity contribution >= 4 is 11.7 Å². The number of anilines is 1. The van der Waals surface area contributed by atoms with Gasteiger partial charge in [0.15, 0.2) is 0 Å². The van der Waals surface area contributed by atoms with Gasteiger partial charge < -0.3 is 10.6 Å². The molecule has 0 saturated heterocycles. The van der Waals surface area contributed by atoms with E-state index in [0.717, 1.165) is 11.4 Å². The molecule has 2 N–H and O–H groups in total. The summed E-state index contributed by atoms with van der Waals surface area (Å²) in [5.41, 5.74) is 1.68. The molecule has 3 rings (SSSR count). The Kier molecular flexibility index (Phi) is 4.10. The molecule has 110 valence electrons. The summed E-state index contributed by atoms with van der Waals surface area (Å²) in [6, 6.07) is 13.1. The van der Waals surface area contributed by atoms with Crippen molar-refractivity contribution < 1.29 is 4.79 Å². The Morgan fingerprint density at radius 1 is 1.14 bits per heavy atom. The van der Waals surface area contributed by atoms with Crippen LogP contribution >= 0.6 is 0 Å². The number of aromatic nitrogens is 3. The Bertz CT molecular complexity index is 723. The quantitative estimate of drug-likeness (QED) is 0.776. The summed E-state index contributed by atoms with van der Waals surface area (Å²) in [4.78, 5) is 20.1. The van der Waals surface area contributed by atoms with E-state index in [1.807, 2.05) is 42.6 Å². The molecule has 2 aromatic heterocycles. The van der Waals surface area contributed by atoms with Crippen LogP contribution in [0.5, 0.6) is 0 Å². The fraction of sp³-hybridized carbons (Fsp3) is 0.0625. The molecule has 0 unspecified atom stereocenters. The van der Waals surface area contributed by atoms with E-state index in [1.165, 1.54) is 0 Å². The highest BCUT2D eigenvalue weighted by atomic mass is 16.2. The summed E-state index contributed by atoms with van der Waals surface area (Å²) >= 11 is 0. The number of pyridine rings is 1. The molecule has 2 heterocycles. The number of hydrogen-bond acceptors (Lipinski definition) is 3. The van der Waals surface area contributed by atoms with Crippen molar-refractivity contribution in [2.75, 3.05) is 5.32 Å². The molecular weight excluding hydrogens is 278 g/mol. The first-order valence-corrected chi connectivity index (χ1v) is 6.84. The highest BCUT2D eigenvalue weighted by molar-refractivity contribution is 5.89. The lowest BCUT2D eigenvalue weighted by Gasteiger charge is -2.08. The fourth-order valence-electron chi connectivity index (χ4n) is 1.96. The Balaban J connectivity index is 1.55. The summed E-state index contributed by atoms with van der Waals surface area (Å²) in [5.74, 6) is 0.743. The lowest BCUT2D eigenvalue weighted by Crippen LogP contribution is -2.28. The summed E-state index contributed by atoms with van der Waals surface area (Å²) < 4.78 is 1.79. The van der Waals surface area contributed by atoms with Crippen LogP contribution in [0.25, 0.3) is 5.82 Å². The number of nitrogens with zero attached hydrogens (tertiary/aromatic N) is 3. The van der Waals surface area contributed by atoms with E-state index in [-0.39, 0.29) is 6.03 Å². The Labute approximate surface area is 127 Å². The first-order valence-electron chi connectivity index (χ1n) is 6.84. The normalized spacial score (nSPS) is 10.2. The average Bonchev–Trinajstić information content (AvgIpc) is 3.09. The van der Waals surface area contributed by atoms with Gasteiger partial charge in [-0.2, -0.15) is 0 Å². The zero-order chi connectivity index (χ0) is 15.2. The molecule has 0 fully saturated rings. The van der Waals surface area contributed by atoms with Gasteiger partial charge in [-0.1, -0.05) is 30.3 Å². The summed E-state index contributed by atoms with van der Waals surface area (Å²) in [6.45, 7) is 0.479. The minimum Gasteiger partial charge on any atom is -0.334 e. The minimum atomic E-state index is -0.263. The molecule has 0 spiro atoms. The van der Waals surface area contributed by atoms with Crippen LogP contribution in [-0.4, -0.2) is 20.6 Å². The first-order chi connectivity index (χ1) is 10.8. The van der Waals surface area contributed by atoms with E-state index >= 15 is 0 Å². The van der Waals surface area contributed by atoms with Crippen LogP contribution in [0, 0.1) is 0 Å². The highest BCUT2D eigenvalue weighted by Gasteiger charge is 2.03. The van der Waals surface area contributed by atoms with E-state index in [4.69, 9.17) is 0 Å². The topological polar surface area (TPSA) is 71.8 Å². The molecule has 0 atom stereocenters. The Morgan fingerprint density at radius 2 is 2.00 bits per heavy atom. The van der Waals surface area contributed by atoms with E-state index < -0.39 is 0 Å². The average molecular weight is 293 g/mol. The molecular formula is C16H15N5O. The lowest BCUT2D eigenvalue weighted by atomic mass is 10.2. The number of carbonyl (C=O) groups excluding carboxylic acids is 1. The Morgan fingerprint density at radius 3 is 2.68 bits per heavy atom. The van der Waals surface area contributed by atoms with Gasteiger partial charge in [0.05, 0.1) is 11.9 Å². The van der Waals surface area contributed by atoms with Gasteiger partial charge in [0.2, 0.25) is 0 Å². The monoisotopic (exact) mass is 293 g/mol. The van der Waals surface area contributed by atoms with Crippen molar-refractivity contribution in [3.05, 3.63) is 72.9 Å². The van der Waals surface area contributed by atoms with Crippen molar-refractivity contribution in [2.45, 2.75) is 6.54 Å². The van der Waals surface area contributed by atoms with Gasteiger partial charge in [-0.05, 0) is 17.7 Å². The summed E-state index contributed by atoms with van der Waals surface area (Å²) in [5, 5.41) is 5.54. The molecule has 1 aromatic carbocycles. The van der Waals surface area contributed by atoms with Crippen LogP contribution in [0.2, 0.25) is 0 Å². The number of carbonyl (C=O) groups is 1. The van der Waals surface area contributed by atoms with Gasteiger partial charge in [-0.15, -0.1) is 0 Å². The van der Waals surface area contributed by atoms with Crippen LogP contribution in [0.4, 0.5) is 10.5 Å². The van der Waals surface area contributed by atoms with Crippen molar-refractivity contribution in [3.8, 4) is 5.82 Å². The second-order valence-corrected chi connectivity index (χ2v) is 4.67. The molecule has 0 aliphatic heterocycles. The standard InChI is InChI=1S/C16H15N5O/c22-16(19-10-13-4-2-1-3-5-13)20-14-6-7-15(18-11-14)21-9-8-17-12-21/h1-9,11-12H,10H2,(H2,19,20,22). The third-order valence-electron chi connectivity index (χ3n) is 3.07. The lowest BCUT2D eigenvalue weighted by molar-refractivity contribution is 0.251. The minimum absolute atomic E-state index is 0.263. The van der Waals surface area contributed by atoms with Crippen LogP contribution < -0.4 is 10.6 Å². The van der Waals surface area contributed by atoms with E-state index in [2.05, 4.69) is 20.6 Å². The predicted molar refractivity (Wildman–Crippen MR) is 83.7 cm³/mol. The predicted octanol–water partition coefficient (Wildman–Crippen LogP) is 2.59. The fourth-order valence-corrected chi connectivity index (χ4v) is 1.96. The number of amides is 2. The summed E-state index contributed by atoms with van der Waals surface area (Å²) in [6.07, 6.45) is 6.77. The second kappa shape index (κ2) is 6.53. The highest BCUT2D eigenvalue weighted by Crippen LogP contribution is 2.09. The zero-order valence-electron chi connectivity index (χ0n) is 11.8. The third kappa shape index (κ3) is 3.49. The molecule has 0 aliphatic carbocycles. The van der Waals surface area contributed by atoms with Crippen molar-refractivity contribution in [3.63, 3.8) is 0 Å². The van der Waals surface area contributed by atoms with Crippen molar-refractivity contribution in [1.29, 1.82) is 0 Å². The SMILES string of the molecule is O=C(NCc1ccccc1)Nc1ccc(-n2ccnc2)nc1. The molecule has 2 amide bonds. The number of hydrogen-bond donors (Lipinski definition) is 2. The molecule has 0 saturated carbocycles. The molecule has 3 aromatic rings. The number of imidazole rings is 1. The van der Waals surface area contributed by atoms with Gasteiger partial charge in [0, 0.05) is 18.9 Å². The maximum absolute atomic E-state index is 11.8. The van der Waals surface area contributed by atoms with E-state index in [0.29, 0.717) is 12.2 Å². The van der Waals surface area contributed by atoms with Crippen LogP contribution in [-0.2, 0) is 6.54 Å². The van der Waals surface area contributed by atoms with Crippen molar-refractivity contribution in [2.24, 2.45) is 0 Å². The Hall–Kier alpha value is -3.15. The van der Waals surface area contributed by atoms with Gasteiger partial charge >= 0.3 is 6.03 Å². The number of rotatable bonds is 4. The van der Waals surface area contributed by atoms with Crippen LogP contribution in [0.3, 0.4) is 0 Å². The van der Waals surface area contributed by atoms with Gasteiger partial charge in [-0.25, -0.2) is 14.8 Å². The second-order valence-electron chi connectivity index (χ2n) is 4.67. The molecule has 6 nitrogen and oxygen atoms in total. The number of urea groups is 1. The molecule has 0 aliphatic rings. The molecule has 6 heteroatoms. The zero-order valence-corrected chi connectivity index (χ0v) is 11.8. The largest absolute Gasteiger partial charge is 0.334 e. The molecule has 0 radical (unpaired) electrons. The van der Waals surface area contributed by atoms with E-state index in [1.54, 1.807) is 29.4 Å². The molecule has 0 bridgehead atoms. The maximum Gasteiger partial charge on any atom is 0.319 e. The smallest absolute Gasteiger partial charge is 0.319 e. The van der Waals surface area contributed by atoms with Crippen LogP contribution in [0.15, 0.2) is 67.4 Å². The van der Waals surface area contributed by atoms with Gasteiger partial charge in [0.25, 0.3) is 0 Å². The third-order valence-corrected chi connectivity index (χ3v) is 3.07. The maximum atomic E-state index is 11.8. The van der Waals surface area contributed by atoms with Gasteiger partial charge in [0.1, 0.15) is 12.1 Å². The van der Waals surface area contributed by atoms with Crippen molar-refractivity contribution in [1.82, 2.24) is 19.9 Å². The summed E-state index contributed by atoms with van der Waals surface area (Å²) in [7, 11) is 0. The molecule has 22 heavy (non-hydrogen) atoms. The van der Waals surface area contributed by atoms with Crippen LogP contribution in [0.1, 0.15) is 5.56 Å². The first kappa shape index (κ1) is 13.8. The number of benzene rings is 1. The van der Waals surface area contributed by atoms with Gasteiger partial charge in [-0.3, -0.25) is 4.57 Å². The van der Waals surface area contributed by atoms with E-state index in [9.17, 15) is 4.79 Å². The number of nitrogens with one attached hydrogen (secondary N) is 2.